The molecule has 1 heterocycles. The molecule has 0 N–H and O–H groups in total. The third-order valence-corrected chi connectivity index (χ3v) is 2.55. The van der Waals surface area contributed by atoms with E-state index in [0.717, 1.165) is 5.69 Å². The number of hydrogen-bond acceptors (Lipinski definition) is 5. The highest BCUT2D eigenvalue weighted by Gasteiger charge is 2.26. The van der Waals surface area contributed by atoms with Crippen molar-refractivity contribution in [1.82, 2.24) is 4.98 Å². The van der Waals surface area contributed by atoms with Crippen LogP contribution < -0.4 is 0 Å². The maximum Gasteiger partial charge on any atom is 0.309 e. The highest BCUT2D eigenvalue weighted by atomic mass is 16.6. The largest absolute Gasteiger partial charge is 0.469 e. The van der Waals surface area contributed by atoms with E-state index >= 15 is 0 Å². The van der Waals surface area contributed by atoms with Crippen LogP contribution >= 0.6 is 0 Å². The summed E-state index contributed by atoms with van der Waals surface area (Å²) < 4.78 is 9.97. The van der Waals surface area contributed by atoms with Crippen molar-refractivity contribution < 1.29 is 19.1 Å². The fourth-order valence-electron chi connectivity index (χ4n) is 1.76. The zero-order valence-electron chi connectivity index (χ0n) is 12.4. The number of ether oxygens (including phenoxy) is 2. The van der Waals surface area contributed by atoms with E-state index < -0.39 is 23.5 Å². The van der Waals surface area contributed by atoms with E-state index in [1.54, 1.807) is 33.0 Å². The molecule has 0 radical (unpaired) electrons. The summed E-state index contributed by atoms with van der Waals surface area (Å²) in [6.45, 7) is 5.37. The van der Waals surface area contributed by atoms with Crippen molar-refractivity contribution in [2.24, 2.45) is 5.92 Å². The van der Waals surface area contributed by atoms with Crippen molar-refractivity contribution in [3.8, 4) is 0 Å². The normalized spacial score (nSPS) is 12.6. The van der Waals surface area contributed by atoms with Crippen LogP contribution in [-0.4, -0.2) is 29.6 Å². The molecule has 0 spiro atoms. The van der Waals surface area contributed by atoms with Crippen molar-refractivity contribution in [2.75, 3.05) is 7.11 Å². The molecule has 5 heteroatoms. The number of carbonyl (C=O) groups excluding carboxylic acids is 2. The Kier molecular flexibility index (Phi) is 5.67. The van der Waals surface area contributed by atoms with Crippen molar-refractivity contribution in [3.63, 3.8) is 0 Å². The number of rotatable bonds is 5. The molecule has 0 unspecified atom stereocenters. The zero-order valence-corrected chi connectivity index (χ0v) is 12.4. The number of carbonyl (C=O) groups is 2. The van der Waals surface area contributed by atoms with Crippen molar-refractivity contribution >= 4 is 11.9 Å². The lowest BCUT2D eigenvalue weighted by Gasteiger charge is -2.21. The fourth-order valence-corrected chi connectivity index (χ4v) is 1.76. The van der Waals surface area contributed by atoms with Gasteiger partial charge in [0.05, 0.1) is 19.4 Å². The molecule has 0 fully saturated rings. The second-order valence-electron chi connectivity index (χ2n) is 5.54. The van der Waals surface area contributed by atoms with Gasteiger partial charge >= 0.3 is 11.9 Å². The SMILES string of the molecule is COC(=O)[C@@H](CC(=O)OC(C)(C)C)Cc1ccccn1. The van der Waals surface area contributed by atoms with Gasteiger partial charge in [-0.3, -0.25) is 14.6 Å². The topological polar surface area (TPSA) is 65.5 Å². The van der Waals surface area contributed by atoms with Gasteiger partial charge in [0.15, 0.2) is 0 Å². The number of nitrogens with zero attached hydrogens (tertiary/aromatic N) is 1. The van der Waals surface area contributed by atoms with E-state index in [2.05, 4.69) is 4.98 Å². The second kappa shape index (κ2) is 7.03. The number of pyridine rings is 1. The predicted octanol–water partition coefficient (Wildman–Crippen LogP) is 2.15. The van der Waals surface area contributed by atoms with Crippen LogP contribution in [0.5, 0.6) is 0 Å². The quantitative estimate of drug-likeness (QED) is 0.773. The molecule has 1 atom stereocenters. The monoisotopic (exact) mass is 279 g/mol. The summed E-state index contributed by atoms with van der Waals surface area (Å²) in [5.74, 6) is -1.42. The van der Waals surface area contributed by atoms with Crippen LogP contribution in [0.15, 0.2) is 24.4 Å². The van der Waals surface area contributed by atoms with Crippen molar-refractivity contribution in [2.45, 2.75) is 39.2 Å². The highest BCUT2D eigenvalue weighted by Crippen LogP contribution is 2.16. The van der Waals surface area contributed by atoms with Gasteiger partial charge in [0.2, 0.25) is 0 Å². The lowest BCUT2D eigenvalue weighted by atomic mass is 9.99. The Bertz CT molecular complexity index is 451. The first-order valence-electron chi connectivity index (χ1n) is 6.51. The molecule has 5 nitrogen and oxygen atoms in total. The van der Waals surface area contributed by atoms with Gasteiger partial charge in [-0.2, -0.15) is 0 Å². The van der Waals surface area contributed by atoms with Crippen molar-refractivity contribution in [1.29, 1.82) is 0 Å². The average Bonchev–Trinajstić information content (AvgIpc) is 2.36. The minimum atomic E-state index is -0.579. The van der Waals surface area contributed by atoms with E-state index in [9.17, 15) is 9.59 Å². The number of hydrogen-bond donors (Lipinski definition) is 0. The minimum Gasteiger partial charge on any atom is -0.469 e. The fraction of sp³-hybridized carbons (Fsp3) is 0.533. The summed E-state index contributed by atoms with van der Waals surface area (Å²) in [4.78, 5) is 27.7. The summed E-state index contributed by atoms with van der Waals surface area (Å²) in [6.07, 6.45) is 1.99. The molecule has 1 rings (SSSR count). The first-order valence-corrected chi connectivity index (χ1v) is 6.51. The Morgan fingerprint density at radius 3 is 2.50 bits per heavy atom. The zero-order chi connectivity index (χ0) is 15.2. The first-order chi connectivity index (χ1) is 9.31. The van der Waals surface area contributed by atoms with Crippen LogP contribution in [0.3, 0.4) is 0 Å². The standard InChI is InChI=1S/C15H21NO4/c1-15(2,3)20-13(17)10-11(14(18)19-4)9-12-7-5-6-8-16-12/h5-8,11H,9-10H2,1-4H3/t11-/m1/s1. The molecule has 20 heavy (non-hydrogen) atoms. The maximum absolute atomic E-state index is 11.8. The Hall–Kier alpha value is -1.91. The minimum absolute atomic E-state index is 0.0134. The van der Waals surface area contributed by atoms with Crippen LogP contribution in [0.25, 0.3) is 0 Å². The maximum atomic E-state index is 11.8. The van der Waals surface area contributed by atoms with E-state index in [1.165, 1.54) is 7.11 Å². The van der Waals surface area contributed by atoms with E-state index in [1.807, 2.05) is 12.1 Å². The van der Waals surface area contributed by atoms with Crippen LogP contribution in [0, 0.1) is 5.92 Å². The molecular weight excluding hydrogens is 258 g/mol. The van der Waals surface area contributed by atoms with Gasteiger partial charge in [0.1, 0.15) is 5.60 Å². The number of methoxy groups -OCH3 is 1. The molecule has 0 saturated carbocycles. The van der Waals surface area contributed by atoms with E-state index in [0.29, 0.717) is 6.42 Å². The van der Waals surface area contributed by atoms with Gasteiger partial charge in [0.25, 0.3) is 0 Å². The molecule has 0 aliphatic rings. The van der Waals surface area contributed by atoms with Gasteiger partial charge in [0, 0.05) is 18.3 Å². The van der Waals surface area contributed by atoms with E-state index in [-0.39, 0.29) is 6.42 Å². The smallest absolute Gasteiger partial charge is 0.309 e. The molecule has 0 bridgehead atoms. The third-order valence-electron chi connectivity index (χ3n) is 2.55. The predicted molar refractivity (Wildman–Crippen MR) is 73.9 cm³/mol. The lowest BCUT2D eigenvalue weighted by Crippen LogP contribution is -2.28. The number of esters is 2. The van der Waals surface area contributed by atoms with Crippen LogP contribution in [0.1, 0.15) is 32.9 Å². The molecule has 0 amide bonds. The second-order valence-corrected chi connectivity index (χ2v) is 5.54. The Balaban J connectivity index is 2.70. The van der Waals surface area contributed by atoms with Gasteiger partial charge in [-0.15, -0.1) is 0 Å². The molecule has 0 aliphatic heterocycles. The van der Waals surface area contributed by atoms with Crippen LogP contribution in [-0.2, 0) is 25.5 Å². The summed E-state index contributed by atoms with van der Waals surface area (Å²) >= 11 is 0. The van der Waals surface area contributed by atoms with Crippen LogP contribution in [0.4, 0.5) is 0 Å². The Labute approximate surface area is 119 Å². The summed E-state index contributed by atoms with van der Waals surface area (Å²) in [7, 11) is 1.31. The molecule has 0 saturated heterocycles. The van der Waals surface area contributed by atoms with Gasteiger partial charge in [-0.1, -0.05) is 6.07 Å². The molecule has 0 aliphatic carbocycles. The van der Waals surface area contributed by atoms with Gasteiger partial charge < -0.3 is 9.47 Å². The highest BCUT2D eigenvalue weighted by molar-refractivity contribution is 5.80. The lowest BCUT2D eigenvalue weighted by molar-refractivity contribution is -0.160. The Morgan fingerprint density at radius 1 is 1.30 bits per heavy atom. The van der Waals surface area contributed by atoms with E-state index in [4.69, 9.17) is 9.47 Å². The Morgan fingerprint density at radius 2 is 2.00 bits per heavy atom. The number of aromatic nitrogens is 1. The summed E-state index contributed by atoms with van der Waals surface area (Å²) in [5.41, 5.74) is 0.175. The first kappa shape index (κ1) is 16.1. The summed E-state index contributed by atoms with van der Waals surface area (Å²) in [5, 5.41) is 0. The average molecular weight is 279 g/mol. The molecule has 1 aromatic heterocycles. The van der Waals surface area contributed by atoms with Gasteiger partial charge in [-0.25, -0.2) is 0 Å². The molecule has 0 aromatic carbocycles. The molecule has 1 aromatic rings. The van der Waals surface area contributed by atoms with Crippen molar-refractivity contribution in [3.05, 3.63) is 30.1 Å². The van der Waals surface area contributed by atoms with Crippen LogP contribution in [0.2, 0.25) is 0 Å². The third kappa shape index (κ3) is 5.82. The molecular formula is C15H21NO4. The summed E-state index contributed by atoms with van der Waals surface area (Å²) in [6, 6.07) is 5.44. The molecule has 110 valence electrons. The van der Waals surface area contributed by atoms with Gasteiger partial charge in [-0.05, 0) is 32.9 Å².